The highest BCUT2D eigenvalue weighted by Crippen LogP contribution is 2.26. The first kappa shape index (κ1) is 70.1. The summed E-state index contributed by atoms with van der Waals surface area (Å²) in [7, 11) is 0. The molecular weight excluding hydrogens is 943 g/mol. The van der Waals surface area contributed by atoms with E-state index in [9.17, 15) is 35.1 Å². The second-order valence-corrected chi connectivity index (χ2v) is 21.1. The first-order valence-electron chi connectivity index (χ1n) is 30.7. The second kappa shape index (κ2) is 51.8. The van der Waals surface area contributed by atoms with Crippen LogP contribution in [0.25, 0.3) is 0 Å². The predicted molar refractivity (Wildman–Crippen MR) is 310 cm³/mol. The zero-order valence-electron chi connectivity index (χ0n) is 47.9. The minimum Gasteiger partial charge on any atom is -0.454 e. The van der Waals surface area contributed by atoms with E-state index in [1.807, 2.05) is 6.08 Å². The maximum atomic E-state index is 13.3. The van der Waals surface area contributed by atoms with Gasteiger partial charge in [-0.25, -0.2) is 0 Å². The minimum atomic E-state index is -1.62. The van der Waals surface area contributed by atoms with E-state index in [-0.39, 0.29) is 19.4 Å². The Morgan fingerprint density at radius 3 is 1.45 bits per heavy atom. The SMILES string of the molecule is CCCC/C=C\CCCCCCC(O)C(=O)NC(COC1OC(CO)C(O)C(O)C1OC(=O)CCCCCCCCC/C=C\C/C=C\C/C=C\C/C=C\CCCCC)C(O)/C=C/CCCCCCCCCCCCC. The Balaban J connectivity index is 2.65. The highest BCUT2D eigenvalue weighted by Gasteiger charge is 2.47. The number of hydrogen-bond donors (Lipinski definition) is 6. The molecule has 8 atom stereocenters. The number of esters is 1. The van der Waals surface area contributed by atoms with Gasteiger partial charge in [0.2, 0.25) is 5.91 Å². The van der Waals surface area contributed by atoms with Gasteiger partial charge in [-0.15, -0.1) is 0 Å². The van der Waals surface area contributed by atoms with Crippen molar-refractivity contribution in [1.82, 2.24) is 5.32 Å². The molecule has 11 heteroatoms. The van der Waals surface area contributed by atoms with E-state index >= 15 is 0 Å². The molecular formula is C64H113NO10. The Morgan fingerprint density at radius 2 is 0.933 bits per heavy atom. The van der Waals surface area contributed by atoms with Gasteiger partial charge in [0.05, 0.1) is 25.4 Å². The van der Waals surface area contributed by atoms with Crippen molar-refractivity contribution in [3.8, 4) is 0 Å². The Labute approximate surface area is 458 Å². The van der Waals surface area contributed by atoms with Crippen LogP contribution in [-0.4, -0.2) is 99.6 Å². The molecule has 11 nitrogen and oxygen atoms in total. The molecule has 1 rings (SSSR count). The zero-order chi connectivity index (χ0) is 54.7. The highest BCUT2D eigenvalue weighted by atomic mass is 16.7. The summed E-state index contributed by atoms with van der Waals surface area (Å²) in [5, 5.41) is 56.8. The van der Waals surface area contributed by atoms with Crippen LogP contribution in [-0.2, 0) is 23.8 Å². The number of amides is 1. The molecule has 0 bridgehead atoms. The summed E-state index contributed by atoms with van der Waals surface area (Å²) >= 11 is 0. The molecule has 0 radical (unpaired) electrons. The van der Waals surface area contributed by atoms with Gasteiger partial charge in [0.15, 0.2) is 12.4 Å². The van der Waals surface area contributed by atoms with Crippen molar-refractivity contribution < 1.29 is 49.3 Å². The lowest BCUT2D eigenvalue weighted by molar-refractivity contribution is -0.305. The van der Waals surface area contributed by atoms with Crippen LogP contribution in [0.2, 0.25) is 0 Å². The molecule has 0 aromatic carbocycles. The lowest BCUT2D eigenvalue weighted by Crippen LogP contribution is -2.61. The number of ether oxygens (including phenoxy) is 3. The molecule has 0 aliphatic carbocycles. The van der Waals surface area contributed by atoms with Crippen LogP contribution in [0.15, 0.2) is 72.9 Å². The standard InChI is InChI=1S/C64H113NO10/c1-4-7-10-13-16-19-22-24-25-26-27-28-29-30-31-32-33-35-37-40-43-46-49-52-59(69)75-62-61(71)60(70)58(53-66)74-64(62)73-54-55(56(67)50-47-44-41-39-36-34-23-20-17-14-11-8-5-2)65-63(72)57(68)51-48-45-42-38-21-18-15-12-9-6-3/h15-16,18-19,24-25,27-28,30-31,47,50,55-58,60-62,64,66-68,70-71H,4-14,17,20-23,26,29,32-46,48-49,51-54H2,1-3H3,(H,65,72)/b18-15-,19-16-,25-24-,28-27-,31-30-,50-47+. The smallest absolute Gasteiger partial charge is 0.306 e. The van der Waals surface area contributed by atoms with Gasteiger partial charge in [-0.3, -0.25) is 9.59 Å². The molecule has 1 amide bonds. The Morgan fingerprint density at radius 1 is 0.520 bits per heavy atom. The lowest BCUT2D eigenvalue weighted by atomic mass is 9.99. The van der Waals surface area contributed by atoms with E-state index < -0.39 is 67.4 Å². The molecule has 0 saturated carbocycles. The molecule has 1 aliphatic rings. The number of aliphatic hydroxyl groups excluding tert-OH is 5. The van der Waals surface area contributed by atoms with Crippen molar-refractivity contribution >= 4 is 11.9 Å². The summed E-state index contributed by atoms with van der Waals surface area (Å²) in [6, 6.07) is -1.03. The van der Waals surface area contributed by atoms with Crippen LogP contribution in [0.1, 0.15) is 258 Å². The van der Waals surface area contributed by atoms with E-state index in [1.54, 1.807) is 6.08 Å². The second-order valence-electron chi connectivity index (χ2n) is 21.1. The molecule has 0 aromatic heterocycles. The van der Waals surface area contributed by atoms with Crippen LogP contribution < -0.4 is 5.32 Å². The lowest BCUT2D eigenvalue weighted by Gasteiger charge is -2.41. The third-order valence-corrected chi connectivity index (χ3v) is 14.1. The summed E-state index contributed by atoms with van der Waals surface area (Å²) in [4.78, 5) is 26.5. The molecule has 0 aromatic rings. The van der Waals surface area contributed by atoms with Gasteiger partial charge < -0.3 is 45.1 Å². The van der Waals surface area contributed by atoms with Crippen molar-refractivity contribution in [2.75, 3.05) is 13.2 Å². The first-order valence-corrected chi connectivity index (χ1v) is 30.7. The number of nitrogens with one attached hydrogen (secondary N) is 1. The topological polar surface area (TPSA) is 175 Å². The molecule has 1 aliphatic heterocycles. The summed E-state index contributed by atoms with van der Waals surface area (Å²) in [6.45, 7) is 5.70. The molecule has 0 spiro atoms. The van der Waals surface area contributed by atoms with E-state index in [4.69, 9.17) is 14.2 Å². The van der Waals surface area contributed by atoms with Crippen LogP contribution in [0.4, 0.5) is 0 Å². The van der Waals surface area contributed by atoms with Crippen LogP contribution >= 0.6 is 0 Å². The molecule has 8 unspecified atom stereocenters. The average molecular weight is 1060 g/mol. The third-order valence-electron chi connectivity index (χ3n) is 14.1. The highest BCUT2D eigenvalue weighted by molar-refractivity contribution is 5.80. The number of allylic oxidation sites excluding steroid dienone is 11. The zero-order valence-corrected chi connectivity index (χ0v) is 47.9. The fraction of sp³-hybridized carbons (Fsp3) is 0.781. The third kappa shape index (κ3) is 40.0. The summed E-state index contributed by atoms with van der Waals surface area (Å²) in [5.41, 5.74) is 0. The molecule has 434 valence electrons. The van der Waals surface area contributed by atoms with E-state index in [0.717, 1.165) is 116 Å². The molecule has 6 N–H and O–H groups in total. The number of rotatable bonds is 51. The van der Waals surface area contributed by atoms with Gasteiger partial charge in [0, 0.05) is 6.42 Å². The minimum absolute atomic E-state index is 0.108. The average Bonchev–Trinajstić information content (AvgIpc) is 3.41. The maximum Gasteiger partial charge on any atom is 0.306 e. The van der Waals surface area contributed by atoms with Crippen LogP contribution in [0.5, 0.6) is 0 Å². The fourth-order valence-corrected chi connectivity index (χ4v) is 9.14. The molecule has 1 heterocycles. The van der Waals surface area contributed by atoms with Crippen LogP contribution in [0, 0.1) is 0 Å². The summed E-state index contributed by atoms with van der Waals surface area (Å²) < 4.78 is 17.6. The van der Waals surface area contributed by atoms with E-state index in [2.05, 4.69) is 86.8 Å². The maximum absolute atomic E-state index is 13.3. The molecule has 1 fully saturated rings. The number of carbonyl (C=O) groups is 2. The van der Waals surface area contributed by atoms with Gasteiger partial charge in [-0.1, -0.05) is 235 Å². The number of unbranched alkanes of at least 4 members (excludes halogenated alkanes) is 27. The van der Waals surface area contributed by atoms with Crippen molar-refractivity contribution in [2.24, 2.45) is 0 Å². The van der Waals surface area contributed by atoms with Gasteiger partial charge in [-0.2, -0.15) is 0 Å². The number of carbonyl (C=O) groups excluding carboxylic acids is 2. The Kier molecular flexibility index (Phi) is 48.5. The molecule has 75 heavy (non-hydrogen) atoms. The Bertz CT molecular complexity index is 1490. The fourth-order valence-electron chi connectivity index (χ4n) is 9.14. The quantitative estimate of drug-likeness (QED) is 0.0195. The first-order chi connectivity index (χ1) is 36.7. The molecule has 1 saturated heterocycles. The van der Waals surface area contributed by atoms with Gasteiger partial charge in [0.1, 0.15) is 24.4 Å². The predicted octanol–water partition coefficient (Wildman–Crippen LogP) is 14.4. The van der Waals surface area contributed by atoms with Crippen molar-refractivity contribution in [3.05, 3.63) is 72.9 Å². The van der Waals surface area contributed by atoms with Crippen molar-refractivity contribution in [2.45, 2.75) is 307 Å². The Hall–Kier alpha value is -2.90. The van der Waals surface area contributed by atoms with E-state index in [1.165, 1.54) is 96.3 Å². The number of hydrogen-bond acceptors (Lipinski definition) is 10. The number of aliphatic hydroxyl groups is 5. The summed E-state index contributed by atoms with van der Waals surface area (Å²) in [6.07, 6.45) is 55.2. The normalized spacial score (nSPS) is 19.7. The van der Waals surface area contributed by atoms with Gasteiger partial charge in [-0.05, 0) is 89.9 Å². The summed E-state index contributed by atoms with van der Waals surface area (Å²) in [5.74, 6) is -1.22. The van der Waals surface area contributed by atoms with Gasteiger partial charge in [0.25, 0.3) is 0 Å². The van der Waals surface area contributed by atoms with Gasteiger partial charge >= 0.3 is 5.97 Å². The van der Waals surface area contributed by atoms with E-state index in [0.29, 0.717) is 12.8 Å². The van der Waals surface area contributed by atoms with Crippen molar-refractivity contribution in [1.29, 1.82) is 0 Å². The largest absolute Gasteiger partial charge is 0.454 e. The van der Waals surface area contributed by atoms with Crippen molar-refractivity contribution in [3.63, 3.8) is 0 Å². The monoisotopic (exact) mass is 1060 g/mol. The van der Waals surface area contributed by atoms with Crippen LogP contribution in [0.3, 0.4) is 0 Å².